The summed E-state index contributed by atoms with van der Waals surface area (Å²) >= 11 is 4.87. The summed E-state index contributed by atoms with van der Waals surface area (Å²) in [6, 6.07) is 7.87. The zero-order chi connectivity index (χ0) is 18.8. The number of benzene rings is 1. The van der Waals surface area contributed by atoms with Gasteiger partial charge >= 0.3 is 0 Å². The molecule has 2 aromatic heterocycles. The summed E-state index contributed by atoms with van der Waals surface area (Å²) in [5.74, 6) is 0.338. The van der Waals surface area contributed by atoms with Crippen LogP contribution < -0.4 is 5.32 Å². The maximum atomic E-state index is 12.4. The van der Waals surface area contributed by atoms with Gasteiger partial charge in [-0.25, -0.2) is 9.97 Å². The molecule has 3 aromatic rings. The van der Waals surface area contributed by atoms with Crippen LogP contribution >= 0.6 is 34.9 Å². The fourth-order valence-electron chi connectivity index (χ4n) is 3.35. The molecule has 0 unspecified atom stereocenters. The first-order valence-corrected chi connectivity index (χ1v) is 12.0. The monoisotopic (exact) mass is 415 g/mol. The highest BCUT2D eigenvalue weighted by molar-refractivity contribution is 8.00. The minimum Gasteiger partial charge on any atom is -0.325 e. The van der Waals surface area contributed by atoms with Gasteiger partial charge in [0.1, 0.15) is 9.86 Å². The molecule has 0 bridgehead atoms. The molecule has 0 saturated carbocycles. The standard InChI is InChI=1S/C20H21N3OS3/c1-12-6-5-7-13(10-12)21-16(24)11-26-18-17-14-8-3-4-9-15(14)27-19(17)23-20(22-18)25-2/h5-7,10H,3-4,8-9,11H2,1-2H3,(H,21,24). The molecule has 1 aliphatic carbocycles. The first kappa shape index (κ1) is 18.8. The van der Waals surface area contributed by atoms with E-state index in [1.807, 2.05) is 37.4 Å². The molecular weight excluding hydrogens is 394 g/mol. The van der Waals surface area contributed by atoms with Crippen molar-refractivity contribution in [1.29, 1.82) is 0 Å². The number of fused-ring (bicyclic) bond motifs is 3. The fraction of sp³-hybridized carbons (Fsp3) is 0.350. The van der Waals surface area contributed by atoms with Crippen LogP contribution in [0, 0.1) is 6.92 Å². The quantitative estimate of drug-likeness (QED) is 0.347. The van der Waals surface area contributed by atoms with Crippen LogP contribution in [0.5, 0.6) is 0 Å². The van der Waals surface area contributed by atoms with Crippen LogP contribution in [0.25, 0.3) is 10.2 Å². The maximum Gasteiger partial charge on any atom is 0.234 e. The van der Waals surface area contributed by atoms with Crippen molar-refractivity contribution >= 4 is 56.7 Å². The van der Waals surface area contributed by atoms with Crippen LogP contribution in [0.15, 0.2) is 34.4 Å². The van der Waals surface area contributed by atoms with Gasteiger partial charge in [-0.2, -0.15) is 0 Å². The predicted octanol–water partition coefficient (Wildman–Crippen LogP) is 5.33. The molecule has 0 aliphatic heterocycles. The van der Waals surface area contributed by atoms with Crippen molar-refractivity contribution in [2.24, 2.45) is 0 Å². The van der Waals surface area contributed by atoms with Crippen LogP contribution in [-0.4, -0.2) is 27.9 Å². The topological polar surface area (TPSA) is 54.9 Å². The lowest BCUT2D eigenvalue weighted by atomic mass is 9.97. The van der Waals surface area contributed by atoms with E-state index < -0.39 is 0 Å². The van der Waals surface area contributed by atoms with Gasteiger partial charge in [0.05, 0.1) is 5.75 Å². The summed E-state index contributed by atoms with van der Waals surface area (Å²) in [6.45, 7) is 2.02. The third kappa shape index (κ3) is 4.15. The van der Waals surface area contributed by atoms with Gasteiger partial charge in [-0.3, -0.25) is 4.79 Å². The number of aromatic nitrogens is 2. The number of amides is 1. The molecule has 2 heterocycles. The average Bonchev–Trinajstić information content (AvgIpc) is 3.04. The molecule has 4 rings (SSSR count). The van der Waals surface area contributed by atoms with Crippen molar-refractivity contribution in [3.63, 3.8) is 0 Å². The third-order valence-corrected chi connectivity index (χ3v) is 7.29. The Morgan fingerprint density at radius 3 is 2.93 bits per heavy atom. The Labute approximate surface area is 171 Å². The second-order valence-corrected chi connectivity index (χ2v) is 9.43. The summed E-state index contributed by atoms with van der Waals surface area (Å²) in [4.78, 5) is 24.4. The molecule has 0 atom stereocenters. The van der Waals surface area contributed by atoms with Gasteiger partial charge in [0.25, 0.3) is 0 Å². The lowest BCUT2D eigenvalue weighted by Crippen LogP contribution is -2.14. The van der Waals surface area contributed by atoms with Crippen molar-refractivity contribution < 1.29 is 4.79 Å². The Bertz CT molecular complexity index is 1000. The zero-order valence-corrected chi connectivity index (χ0v) is 17.8. The van der Waals surface area contributed by atoms with Crippen LogP contribution in [0.1, 0.15) is 28.8 Å². The van der Waals surface area contributed by atoms with E-state index >= 15 is 0 Å². The molecule has 4 nitrogen and oxygen atoms in total. The molecule has 0 fully saturated rings. The summed E-state index contributed by atoms with van der Waals surface area (Å²) in [6.07, 6.45) is 6.71. The number of rotatable bonds is 5. The van der Waals surface area contributed by atoms with E-state index in [2.05, 4.69) is 5.32 Å². The van der Waals surface area contributed by atoms with Gasteiger partial charge in [0.2, 0.25) is 5.91 Å². The normalized spacial score (nSPS) is 13.6. The number of nitrogens with one attached hydrogen (secondary N) is 1. The number of hydrogen-bond donors (Lipinski definition) is 1. The van der Waals surface area contributed by atoms with Crippen LogP contribution in [0.3, 0.4) is 0 Å². The number of aryl methyl sites for hydroxylation is 3. The highest BCUT2D eigenvalue weighted by atomic mass is 32.2. The maximum absolute atomic E-state index is 12.4. The van der Waals surface area contributed by atoms with Crippen LogP contribution in [-0.2, 0) is 17.6 Å². The molecule has 0 radical (unpaired) electrons. The molecule has 1 N–H and O–H groups in total. The number of carbonyl (C=O) groups is 1. The summed E-state index contributed by atoms with van der Waals surface area (Å²) in [7, 11) is 0. The molecule has 1 aromatic carbocycles. The molecule has 1 aliphatic rings. The SMILES string of the molecule is CSc1nc(SCC(=O)Nc2cccc(C)c2)c2c3c(sc2n1)CCCC3. The van der Waals surface area contributed by atoms with Gasteiger partial charge in [0.15, 0.2) is 5.16 Å². The van der Waals surface area contributed by atoms with E-state index in [4.69, 9.17) is 9.97 Å². The predicted molar refractivity (Wildman–Crippen MR) is 116 cm³/mol. The lowest BCUT2D eigenvalue weighted by Gasteiger charge is -2.12. The Morgan fingerprint density at radius 1 is 1.26 bits per heavy atom. The molecule has 140 valence electrons. The second kappa shape index (κ2) is 8.20. The molecule has 7 heteroatoms. The molecule has 1 amide bonds. The van der Waals surface area contributed by atoms with E-state index in [1.165, 1.54) is 40.4 Å². The fourth-order valence-corrected chi connectivity index (χ4v) is 6.02. The highest BCUT2D eigenvalue weighted by Crippen LogP contribution is 2.40. The van der Waals surface area contributed by atoms with Crippen molar-refractivity contribution in [2.75, 3.05) is 17.3 Å². The van der Waals surface area contributed by atoms with Gasteiger partial charge in [-0.1, -0.05) is 35.7 Å². The number of thioether (sulfide) groups is 2. The van der Waals surface area contributed by atoms with E-state index in [0.717, 1.165) is 39.1 Å². The molecule has 27 heavy (non-hydrogen) atoms. The number of carbonyl (C=O) groups excluding carboxylic acids is 1. The van der Waals surface area contributed by atoms with E-state index in [9.17, 15) is 4.79 Å². The number of thiophene rings is 1. The summed E-state index contributed by atoms with van der Waals surface area (Å²) < 4.78 is 0. The van der Waals surface area contributed by atoms with Gasteiger partial charge < -0.3 is 5.32 Å². The first-order valence-electron chi connectivity index (χ1n) is 8.99. The van der Waals surface area contributed by atoms with Crippen LogP contribution in [0.2, 0.25) is 0 Å². The van der Waals surface area contributed by atoms with Crippen molar-refractivity contribution in [2.45, 2.75) is 42.8 Å². The van der Waals surface area contributed by atoms with Crippen molar-refractivity contribution in [3.8, 4) is 0 Å². The minimum absolute atomic E-state index is 0.00726. The van der Waals surface area contributed by atoms with Crippen molar-refractivity contribution in [3.05, 3.63) is 40.3 Å². The van der Waals surface area contributed by atoms with Gasteiger partial charge in [-0.05, 0) is 62.1 Å². The summed E-state index contributed by atoms with van der Waals surface area (Å²) in [5, 5.41) is 5.89. The number of hydrogen-bond acceptors (Lipinski definition) is 6. The molecule has 0 spiro atoms. The summed E-state index contributed by atoms with van der Waals surface area (Å²) in [5.41, 5.74) is 3.38. The second-order valence-electron chi connectivity index (χ2n) is 6.61. The third-order valence-electron chi connectivity index (χ3n) is 4.59. The number of nitrogens with zero attached hydrogens (tertiary/aromatic N) is 2. The van der Waals surface area contributed by atoms with E-state index in [0.29, 0.717) is 5.75 Å². The van der Waals surface area contributed by atoms with Gasteiger partial charge in [-0.15, -0.1) is 11.3 Å². The van der Waals surface area contributed by atoms with Gasteiger partial charge in [0, 0.05) is 16.0 Å². The highest BCUT2D eigenvalue weighted by Gasteiger charge is 2.21. The Hall–Kier alpha value is -1.57. The lowest BCUT2D eigenvalue weighted by molar-refractivity contribution is -0.113. The molecule has 0 saturated heterocycles. The molecular formula is C20H21N3OS3. The Kier molecular flexibility index (Phi) is 5.71. The number of anilines is 1. The Balaban J connectivity index is 1.57. The smallest absolute Gasteiger partial charge is 0.234 e. The average molecular weight is 416 g/mol. The van der Waals surface area contributed by atoms with E-state index in [-0.39, 0.29) is 5.91 Å². The largest absolute Gasteiger partial charge is 0.325 e. The first-order chi connectivity index (χ1) is 13.1. The Morgan fingerprint density at radius 2 is 2.11 bits per heavy atom. The zero-order valence-electron chi connectivity index (χ0n) is 15.4. The van der Waals surface area contributed by atoms with Crippen LogP contribution in [0.4, 0.5) is 5.69 Å². The van der Waals surface area contributed by atoms with Crippen molar-refractivity contribution in [1.82, 2.24) is 9.97 Å². The minimum atomic E-state index is -0.00726. The van der Waals surface area contributed by atoms with E-state index in [1.54, 1.807) is 23.1 Å².